The molecule has 1 heterocycles. The number of halogens is 3. The van der Waals surface area contributed by atoms with E-state index in [0.29, 0.717) is 4.68 Å². The quantitative estimate of drug-likeness (QED) is 0.644. The van der Waals surface area contributed by atoms with Gasteiger partial charge in [0.25, 0.3) is 5.69 Å². The molecule has 2 aromatic rings. The minimum Gasteiger partial charge on any atom is -0.263 e. The van der Waals surface area contributed by atoms with E-state index in [9.17, 15) is 23.3 Å². The highest BCUT2D eigenvalue weighted by molar-refractivity contribution is 5.71. The smallest absolute Gasteiger partial charge is 0.263 e. The summed E-state index contributed by atoms with van der Waals surface area (Å²) >= 11 is 0. The number of non-ortho nitro benzene ring substituents is 1. The highest BCUT2D eigenvalue weighted by atomic mass is 19.4. The number of hydrogen-bond acceptors (Lipinski definition) is 4. The van der Waals surface area contributed by atoms with Crippen LogP contribution in [0, 0.1) is 21.4 Å². The molecular weight excluding hydrogens is 289 g/mol. The lowest BCUT2D eigenvalue weighted by atomic mass is 10.0. The minimum atomic E-state index is -4.41. The second-order valence-electron chi connectivity index (χ2n) is 4.14. The van der Waals surface area contributed by atoms with Gasteiger partial charge in [-0.3, -0.25) is 14.8 Å². The van der Waals surface area contributed by atoms with Crippen LogP contribution in [0.3, 0.4) is 0 Å². The van der Waals surface area contributed by atoms with Gasteiger partial charge in [-0.1, -0.05) is 0 Å². The lowest BCUT2D eigenvalue weighted by molar-refractivity contribution is -0.384. The van der Waals surface area contributed by atoms with Crippen molar-refractivity contribution in [3.8, 4) is 17.2 Å². The predicted molar refractivity (Wildman–Crippen MR) is 65.1 cm³/mol. The van der Waals surface area contributed by atoms with Gasteiger partial charge in [0.05, 0.1) is 16.7 Å². The third-order valence-electron chi connectivity index (χ3n) is 2.62. The Hall–Kier alpha value is -2.89. The van der Waals surface area contributed by atoms with Crippen molar-refractivity contribution in [2.24, 2.45) is 0 Å². The molecule has 0 saturated heterocycles. The van der Waals surface area contributed by atoms with Crippen molar-refractivity contribution < 1.29 is 18.1 Å². The molecule has 1 aromatic heterocycles. The Morgan fingerprint density at radius 3 is 2.71 bits per heavy atom. The van der Waals surface area contributed by atoms with Gasteiger partial charge in [-0.05, 0) is 6.07 Å². The van der Waals surface area contributed by atoms with Crippen molar-refractivity contribution in [3.63, 3.8) is 0 Å². The first kappa shape index (κ1) is 14.5. The fourth-order valence-corrected chi connectivity index (χ4v) is 1.76. The van der Waals surface area contributed by atoms with Crippen LogP contribution in [0.25, 0.3) is 11.1 Å². The first-order valence-electron chi connectivity index (χ1n) is 5.58. The zero-order valence-corrected chi connectivity index (χ0v) is 10.3. The number of rotatable bonds is 3. The van der Waals surface area contributed by atoms with Gasteiger partial charge in [0.15, 0.2) is 0 Å². The van der Waals surface area contributed by atoms with Gasteiger partial charge in [0, 0.05) is 29.5 Å². The highest BCUT2D eigenvalue weighted by Crippen LogP contribution is 2.27. The van der Waals surface area contributed by atoms with E-state index in [1.807, 2.05) is 0 Å². The van der Waals surface area contributed by atoms with Crippen molar-refractivity contribution in [1.82, 2.24) is 9.78 Å². The zero-order valence-electron chi connectivity index (χ0n) is 10.3. The van der Waals surface area contributed by atoms with Crippen LogP contribution in [0.15, 0.2) is 30.6 Å². The van der Waals surface area contributed by atoms with Crippen LogP contribution in [0.2, 0.25) is 0 Å². The molecule has 6 nitrogen and oxygen atoms in total. The molecule has 2 rings (SSSR count). The Bertz CT molecular complexity index is 731. The Labute approximate surface area is 116 Å². The third kappa shape index (κ3) is 3.36. The molecule has 0 radical (unpaired) electrons. The van der Waals surface area contributed by atoms with Crippen molar-refractivity contribution in [2.75, 3.05) is 0 Å². The Morgan fingerprint density at radius 2 is 2.14 bits per heavy atom. The van der Waals surface area contributed by atoms with Crippen molar-refractivity contribution >= 4 is 5.69 Å². The zero-order chi connectivity index (χ0) is 15.6. The summed E-state index contributed by atoms with van der Waals surface area (Å²) in [6.45, 7) is -1.25. The topological polar surface area (TPSA) is 84.8 Å². The molecule has 0 aliphatic carbocycles. The Morgan fingerprint density at radius 1 is 1.43 bits per heavy atom. The SMILES string of the molecule is N#Cc1cc([N+](=O)[O-])ccc1-c1cnn(CC(F)(F)F)c1. The maximum absolute atomic E-state index is 12.3. The van der Waals surface area contributed by atoms with Gasteiger partial charge >= 0.3 is 6.18 Å². The van der Waals surface area contributed by atoms with Gasteiger partial charge in [-0.15, -0.1) is 0 Å². The van der Waals surface area contributed by atoms with E-state index in [4.69, 9.17) is 5.26 Å². The van der Waals surface area contributed by atoms with Crippen LogP contribution in [0.5, 0.6) is 0 Å². The Kier molecular flexibility index (Phi) is 3.62. The summed E-state index contributed by atoms with van der Waals surface area (Å²) in [5, 5.41) is 23.2. The number of alkyl halides is 3. The molecule has 0 saturated carbocycles. The summed E-state index contributed by atoms with van der Waals surface area (Å²) < 4.78 is 37.4. The van der Waals surface area contributed by atoms with Gasteiger partial charge in [0.2, 0.25) is 0 Å². The molecule has 0 fully saturated rings. The fourth-order valence-electron chi connectivity index (χ4n) is 1.76. The molecular formula is C12H7F3N4O2. The summed E-state index contributed by atoms with van der Waals surface area (Å²) in [4.78, 5) is 9.98. The van der Waals surface area contributed by atoms with E-state index in [2.05, 4.69) is 5.10 Å². The summed E-state index contributed by atoms with van der Waals surface area (Å²) in [6, 6.07) is 5.34. The van der Waals surface area contributed by atoms with Crippen molar-refractivity contribution in [2.45, 2.75) is 12.7 Å². The van der Waals surface area contributed by atoms with Crippen LogP contribution in [0.1, 0.15) is 5.56 Å². The fraction of sp³-hybridized carbons (Fsp3) is 0.167. The summed E-state index contributed by atoms with van der Waals surface area (Å²) in [5.74, 6) is 0. The third-order valence-corrected chi connectivity index (χ3v) is 2.62. The molecule has 9 heteroatoms. The number of hydrogen-bond donors (Lipinski definition) is 0. The number of nitrogens with zero attached hydrogens (tertiary/aromatic N) is 4. The number of nitriles is 1. The summed E-state index contributed by atoms with van der Waals surface area (Å²) in [7, 11) is 0. The lowest BCUT2D eigenvalue weighted by Crippen LogP contribution is -2.17. The minimum absolute atomic E-state index is 0.00393. The van der Waals surface area contributed by atoms with Crippen LogP contribution in [-0.4, -0.2) is 20.9 Å². The number of benzene rings is 1. The first-order chi connectivity index (χ1) is 9.80. The second-order valence-corrected chi connectivity index (χ2v) is 4.14. The van der Waals surface area contributed by atoms with E-state index in [-0.39, 0.29) is 22.4 Å². The molecule has 0 aliphatic heterocycles. The summed E-state index contributed by atoms with van der Waals surface area (Å²) in [5.41, 5.74) is 0.302. The number of nitro groups is 1. The molecule has 0 amide bonds. The Balaban J connectivity index is 2.39. The standard InChI is InChI=1S/C12H7F3N4O2/c13-12(14,15)7-18-6-9(5-17-18)11-2-1-10(19(20)21)3-8(11)4-16/h1-3,5-6H,7H2. The van der Waals surface area contributed by atoms with Gasteiger partial charge < -0.3 is 0 Å². The highest BCUT2D eigenvalue weighted by Gasteiger charge is 2.28. The predicted octanol–water partition coefficient (Wildman–Crippen LogP) is 2.89. The van der Waals surface area contributed by atoms with Crippen LogP contribution < -0.4 is 0 Å². The maximum Gasteiger partial charge on any atom is 0.408 e. The normalized spacial score (nSPS) is 11.1. The van der Waals surface area contributed by atoms with Crippen LogP contribution in [-0.2, 0) is 6.54 Å². The average Bonchev–Trinajstić information content (AvgIpc) is 2.83. The molecule has 0 bridgehead atoms. The maximum atomic E-state index is 12.3. The molecule has 0 spiro atoms. The lowest BCUT2D eigenvalue weighted by Gasteiger charge is -2.05. The van der Waals surface area contributed by atoms with E-state index >= 15 is 0 Å². The van der Waals surface area contributed by atoms with Crippen LogP contribution >= 0.6 is 0 Å². The monoisotopic (exact) mass is 296 g/mol. The van der Waals surface area contributed by atoms with Crippen molar-refractivity contribution in [3.05, 3.63) is 46.3 Å². The van der Waals surface area contributed by atoms with Gasteiger partial charge in [-0.2, -0.15) is 23.5 Å². The molecule has 0 unspecified atom stereocenters. The van der Waals surface area contributed by atoms with Crippen LogP contribution in [0.4, 0.5) is 18.9 Å². The average molecular weight is 296 g/mol. The van der Waals surface area contributed by atoms with Crippen molar-refractivity contribution in [1.29, 1.82) is 5.26 Å². The molecule has 1 aromatic carbocycles. The van der Waals surface area contributed by atoms with E-state index in [1.165, 1.54) is 18.3 Å². The molecule has 0 atom stereocenters. The van der Waals surface area contributed by atoms with Gasteiger partial charge in [-0.25, -0.2) is 0 Å². The first-order valence-corrected chi connectivity index (χ1v) is 5.58. The number of nitro benzene ring substituents is 1. The molecule has 21 heavy (non-hydrogen) atoms. The van der Waals surface area contributed by atoms with E-state index < -0.39 is 17.6 Å². The second kappa shape index (κ2) is 5.24. The van der Waals surface area contributed by atoms with E-state index in [0.717, 1.165) is 12.3 Å². The van der Waals surface area contributed by atoms with Gasteiger partial charge in [0.1, 0.15) is 12.6 Å². The number of aromatic nitrogens is 2. The largest absolute Gasteiger partial charge is 0.408 e. The molecule has 0 aliphatic rings. The van der Waals surface area contributed by atoms with E-state index in [1.54, 1.807) is 6.07 Å². The molecule has 0 N–H and O–H groups in total. The molecule has 108 valence electrons. The summed E-state index contributed by atoms with van der Waals surface area (Å²) in [6.07, 6.45) is -2.10.